The first-order valence-electron chi connectivity index (χ1n) is 18.4. The average molecular weight is 701 g/mol. The molecule has 5 heteroatoms. The number of nitrogens with zero attached hydrogens (tertiary/aromatic N) is 2. The Labute approximate surface area is 296 Å². The maximum atomic E-state index is 4.95. The largest absolute Gasteiger partial charge is 0.748 e. The fourth-order valence-corrected chi connectivity index (χ4v) is 17.6. The first-order valence-corrected chi connectivity index (χ1v) is 20.7. The quantitative estimate of drug-likeness (QED) is 0.109. The Kier molecular flexibility index (Phi) is 9.42. The second-order valence-corrected chi connectivity index (χ2v) is 19.6. The van der Waals surface area contributed by atoms with Crippen molar-refractivity contribution in [3.63, 3.8) is 0 Å². The summed E-state index contributed by atoms with van der Waals surface area (Å²) in [7, 11) is 3.19. The number of pyridine rings is 2. The van der Waals surface area contributed by atoms with Gasteiger partial charge < -0.3 is 30.3 Å². The first kappa shape index (κ1) is 32.6. The van der Waals surface area contributed by atoms with Crippen LogP contribution in [-0.4, -0.2) is 21.3 Å². The molecule has 0 N–H and O–H groups in total. The van der Waals surface area contributed by atoms with Crippen LogP contribution in [0.2, 0.25) is 0 Å². The van der Waals surface area contributed by atoms with Gasteiger partial charge >= 0.3 is 0 Å². The molecule has 2 heterocycles. The predicted molar refractivity (Wildman–Crippen MR) is 194 cm³/mol. The van der Waals surface area contributed by atoms with Gasteiger partial charge in [-0.3, -0.25) is 9.97 Å². The van der Waals surface area contributed by atoms with Crippen molar-refractivity contribution in [2.45, 2.75) is 86.8 Å². The number of hydrogen-bond acceptors (Lipinski definition) is 2. The maximum absolute atomic E-state index is 4.95. The van der Waals surface area contributed by atoms with E-state index in [0.717, 1.165) is 70.0 Å². The van der Waals surface area contributed by atoms with Gasteiger partial charge in [0.05, 0.1) is 5.16 Å². The molecule has 0 spiro atoms. The van der Waals surface area contributed by atoms with E-state index in [4.69, 9.17) is 9.97 Å². The third-order valence-electron chi connectivity index (χ3n) is 13.5. The van der Waals surface area contributed by atoms with Crippen LogP contribution in [0.5, 0.6) is 0 Å². The molecule has 0 saturated heterocycles. The standard InChI is InChI=1S/C37H45N2P2.C5H5.Fe/c40-37(33-8-1-3-10-38-33,34-9-2-4-11-39-34)32-7-5-6-27(32)22-41(35-28-14-23-12-24(16-28)17-29(35)15-23)36-30-18-25-13-26(20-30)21-31(36)19-25;1-2-4-5-3-1;/h1-11,23-26,28-31,35-36H,12-22,40H2;1-5H;/q-1;-5;. The van der Waals surface area contributed by atoms with Gasteiger partial charge in [-0.15, -0.1) is 14.8 Å². The van der Waals surface area contributed by atoms with Crippen LogP contribution in [-0.2, 0) is 28.4 Å². The maximum Gasteiger partial charge on any atom is 0.0500 e. The Hall–Kier alpha value is -1.62. The zero-order valence-electron chi connectivity index (χ0n) is 27.6. The predicted octanol–water partition coefficient (Wildman–Crippen LogP) is 10.4. The molecule has 1 atom stereocenters. The average Bonchev–Trinajstić information content (AvgIpc) is 3.81. The van der Waals surface area contributed by atoms with Crippen molar-refractivity contribution in [3.8, 4) is 0 Å². The van der Waals surface area contributed by atoms with Crippen LogP contribution >= 0.6 is 17.2 Å². The third-order valence-corrected chi connectivity index (χ3v) is 18.3. The molecule has 0 aliphatic heterocycles. The Morgan fingerprint density at radius 2 is 1.04 bits per heavy atom. The van der Waals surface area contributed by atoms with E-state index in [1.54, 1.807) is 69.8 Å². The second-order valence-electron chi connectivity index (χ2n) is 16.2. The van der Waals surface area contributed by atoms with Crippen LogP contribution < -0.4 is 0 Å². The van der Waals surface area contributed by atoms with Crippen LogP contribution in [0.3, 0.4) is 0 Å². The van der Waals surface area contributed by atoms with Gasteiger partial charge in [0.25, 0.3) is 0 Å². The summed E-state index contributed by atoms with van der Waals surface area (Å²) in [5.74, 6) is 8.36. The molecule has 0 radical (unpaired) electrons. The van der Waals surface area contributed by atoms with Crippen LogP contribution in [0, 0.1) is 47.3 Å². The summed E-state index contributed by atoms with van der Waals surface area (Å²) in [6, 6.07) is 30.0. The molecule has 0 amide bonds. The Morgan fingerprint density at radius 1 is 0.617 bits per heavy atom. The van der Waals surface area contributed by atoms with Crippen molar-refractivity contribution in [1.82, 2.24) is 9.97 Å². The molecule has 8 aliphatic rings. The van der Waals surface area contributed by atoms with Crippen molar-refractivity contribution in [2.24, 2.45) is 47.3 Å². The summed E-state index contributed by atoms with van der Waals surface area (Å²) in [4.78, 5) is 9.89. The van der Waals surface area contributed by atoms with Crippen molar-refractivity contribution >= 4 is 17.2 Å². The fraction of sp³-hybridized carbons (Fsp3) is 0.524. The molecular weight excluding hydrogens is 650 g/mol. The van der Waals surface area contributed by atoms with E-state index in [2.05, 4.69) is 51.7 Å². The van der Waals surface area contributed by atoms with E-state index in [-0.39, 0.29) is 25.0 Å². The molecule has 8 aliphatic carbocycles. The Balaban J connectivity index is 0.000000497. The van der Waals surface area contributed by atoms with Gasteiger partial charge in [-0.2, -0.15) is 11.6 Å². The van der Waals surface area contributed by atoms with E-state index >= 15 is 0 Å². The van der Waals surface area contributed by atoms with Crippen LogP contribution in [0.4, 0.5) is 0 Å². The minimum absolute atomic E-state index is 0. The summed E-state index contributed by atoms with van der Waals surface area (Å²) in [6.07, 6.45) is 20.9. The smallest absolute Gasteiger partial charge is 0.0500 e. The van der Waals surface area contributed by atoms with Crippen LogP contribution in [0.15, 0.2) is 97.3 Å². The van der Waals surface area contributed by atoms with Crippen LogP contribution in [0.25, 0.3) is 0 Å². The Bertz CT molecular complexity index is 1430. The zero-order chi connectivity index (χ0) is 30.7. The van der Waals surface area contributed by atoms with Gasteiger partial charge in [-0.1, -0.05) is 20.1 Å². The molecule has 4 aromatic rings. The molecule has 8 bridgehead atoms. The van der Waals surface area contributed by atoms with Crippen molar-refractivity contribution in [3.05, 3.63) is 120 Å². The number of aromatic nitrogens is 2. The second kappa shape index (κ2) is 13.6. The molecule has 12 rings (SSSR count). The molecule has 2 nitrogen and oxygen atoms in total. The zero-order valence-corrected chi connectivity index (χ0v) is 30.7. The van der Waals surface area contributed by atoms with E-state index in [0.29, 0.717) is 0 Å². The van der Waals surface area contributed by atoms with Gasteiger partial charge in [0.2, 0.25) is 0 Å². The molecule has 47 heavy (non-hydrogen) atoms. The van der Waals surface area contributed by atoms with Gasteiger partial charge in [0, 0.05) is 40.9 Å². The summed E-state index contributed by atoms with van der Waals surface area (Å²) in [5.41, 5.74) is 7.25. The SMILES string of the molecule is PC(c1ccccn1)(c1ccccn1)[c-]1cccc1CP(C1C2CC3CC(C2)CC1C3)C1C2CC3CC(C2)CC1C3.[Fe].[cH-]1[cH-][cH-][cH-][cH-]1. The summed E-state index contributed by atoms with van der Waals surface area (Å²) >= 11 is 0. The summed E-state index contributed by atoms with van der Waals surface area (Å²) in [5, 5.41) is -0.420. The normalized spacial score (nSPS) is 35.2. The fourth-order valence-electron chi connectivity index (χ4n) is 12.4. The van der Waals surface area contributed by atoms with E-state index < -0.39 is 5.16 Å². The van der Waals surface area contributed by atoms with E-state index in [1.807, 2.05) is 54.9 Å². The monoisotopic (exact) mass is 700 g/mol. The third kappa shape index (κ3) is 5.99. The Morgan fingerprint density at radius 3 is 1.43 bits per heavy atom. The van der Waals surface area contributed by atoms with E-state index in [1.165, 1.54) is 11.7 Å². The number of hydrogen-bond donors (Lipinski definition) is 0. The molecular formula is C42H50FeN2P2-6. The first-order chi connectivity index (χ1) is 22.6. The van der Waals surface area contributed by atoms with E-state index in [9.17, 15) is 0 Å². The van der Waals surface area contributed by atoms with Gasteiger partial charge in [0.15, 0.2) is 0 Å². The summed E-state index contributed by atoms with van der Waals surface area (Å²) < 4.78 is 0. The molecule has 8 saturated carbocycles. The molecule has 1 unspecified atom stereocenters. The minimum atomic E-state index is -0.420. The molecule has 252 valence electrons. The van der Waals surface area contributed by atoms with Crippen LogP contribution in [0.1, 0.15) is 86.7 Å². The molecule has 2 aromatic carbocycles. The molecule has 2 aromatic heterocycles. The van der Waals surface area contributed by atoms with Gasteiger partial charge in [-0.25, -0.2) is 12.1 Å². The molecule has 8 fully saturated rings. The number of rotatable bonds is 7. The topological polar surface area (TPSA) is 25.8 Å². The van der Waals surface area contributed by atoms with Gasteiger partial charge in [0.1, 0.15) is 0 Å². The summed E-state index contributed by atoms with van der Waals surface area (Å²) in [6.45, 7) is 0. The van der Waals surface area contributed by atoms with Crippen molar-refractivity contribution in [2.75, 3.05) is 0 Å². The van der Waals surface area contributed by atoms with Crippen molar-refractivity contribution in [1.29, 1.82) is 0 Å². The van der Waals surface area contributed by atoms with Gasteiger partial charge in [-0.05, 0) is 153 Å². The minimum Gasteiger partial charge on any atom is -0.748 e. The van der Waals surface area contributed by atoms with Crippen molar-refractivity contribution < 1.29 is 17.1 Å².